The molecule has 0 amide bonds. The van der Waals surface area contributed by atoms with Crippen molar-refractivity contribution in [2.75, 3.05) is 24.7 Å². The van der Waals surface area contributed by atoms with Crippen LogP contribution in [0.3, 0.4) is 0 Å². The average Bonchev–Trinajstić information content (AvgIpc) is 3.14. The van der Waals surface area contributed by atoms with Crippen LogP contribution in [0.1, 0.15) is 48.8 Å². The van der Waals surface area contributed by atoms with Gasteiger partial charge in [-0.25, -0.2) is 8.42 Å². The quantitative estimate of drug-likeness (QED) is 0.330. The van der Waals surface area contributed by atoms with Crippen LogP contribution < -0.4 is 14.2 Å². The first-order chi connectivity index (χ1) is 19.8. The Bertz CT molecular complexity index is 1550. The fourth-order valence-corrected chi connectivity index (χ4v) is 6.88. The van der Waals surface area contributed by atoms with Gasteiger partial charge in [-0.3, -0.25) is 4.79 Å². The minimum atomic E-state index is -2.88. The minimum Gasteiger partial charge on any atom is -0.493 e. The Morgan fingerprint density at radius 3 is 2.49 bits per heavy atom. The zero-order valence-electron chi connectivity index (χ0n) is 23.1. The molecule has 0 spiro atoms. The molecule has 5 rings (SSSR count). The third-order valence-corrected chi connectivity index (χ3v) is 9.30. The van der Waals surface area contributed by atoms with E-state index in [1.165, 1.54) is 0 Å². The first-order valence-corrected chi connectivity index (χ1v) is 15.7. The summed E-state index contributed by atoms with van der Waals surface area (Å²) in [6.45, 7) is 3.17. The molecule has 2 heterocycles. The van der Waals surface area contributed by atoms with Crippen molar-refractivity contribution in [3.63, 3.8) is 0 Å². The number of carbonyl (C=O) groups is 1. The number of rotatable bonds is 9. The molecule has 0 bridgehead atoms. The Morgan fingerprint density at radius 1 is 1.00 bits per heavy atom. The molecule has 41 heavy (non-hydrogen) atoms. The van der Waals surface area contributed by atoms with Crippen molar-refractivity contribution in [2.24, 2.45) is 5.92 Å². The second-order valence-corrected chi connectivity index (χ2v) is 12.9. The molecule has 0 saturated carbocycles. The van der Waals surface area contributed by atoms with Crippen molar-refractivity contribution in [3.8, 4) is 40.2 Å². The second-order valence-electron chi connectivity index (χ2n) is 10.6. The summed E-state index contributed by atoms with van der Waals surface area (Å²) in [6, 6.07) is 19.6. The molecule has 214 valence electrons. The highest BCUT2D eigenvalue weighted by Crippen LogP contribution is 2.38. The van der Waals surface area contributed by atoms with Gasteiger partial charge in [-0.2, -0.15) is 0 Å². The average molecular weight is 575 g/mol. The molecule has 7 nitrogen and oxygen atoms in total. The van der Waals surface area contributed by atoms with Crippen LogP contribution >= 0.6 is 0 Å². The van der Waals surface area contributed by atoms with Crippen LogP contribution in [0.15, 0.2) is 60.7 Å². The van der Waals surface area contributed by atoms with Gasteiger partial charge in [-0.05, 0) is 84.3 Å². The Balaban J connectivity index is 1.25. The van der Waals surface area contributed by atoms with E-state index in [0.29, 0.717) is 38.4 Å². The molecule has 0 radical (unpaired) electrons. The molecule has 1 atom stereocenters. The van der Waals surface area contributed by atoms with Gasteiger partial charge in [0, 0.05) is 12.0 Å². The third kappa shape index (κ3) is 7.42. The topological polar surface area (TPSA) is 99.1 Å². The Labute approximate surface area is 241 Å². The first-order valence-electron chi connectivity index (χ1n) is 13.9. The molecule has 2 aliphatic heterocycles. The van der Waals surface area contributed by atoms with Crippen molar-refractivity contribution in [2.45, 2.75) is 45.1 Å². The summed E-state index contributed by atoms with van der Waals surface area (Å²) in [5, 5.41) is 9.18. The molecule has 3 aromatic carbocycles. The van der Waals surface area contributed by atoms with Crippen molar-refractivity contribution in [3.05, 3.63) is 77.4 Å². The molecular formula is C33H34O7S. The number of carboxylic acid groups (broad SMARTS) is 1. The number of fused-ring (bicyclic) bond motifs is 3. The van der Waals surface area contributed by atoms with Gasteiger partial charge >= 0.3 is 5.97 Å². The fraction of sp³-hybridized carbons (Fsp3) is 0.364. The normalized spacial score (nSPS) is 16.5. The number of hydrogen-bond donors (Lipinski definition) is 1. The van der Waals surface area contributed by atoms with Crippen LogP contribution in [0, 0.1) is 17.8 Å². The fourth-order valence-electron chi connectivity index (χ4n) is 5.29. The van der Waals surface area contributed by atoms with Crippen LogP contribution in [-0.4, -0.2) is 44.2 Å². The summed E-state index contributed by atoms with van der Waals surface area (Å²) in [5.74, 6) is 7.61. The van der Waals surface area contributed by atoms with E-state index in [1.807, 2.05) is 42.5 Å². The lowest BCUT2D eigenvalue weighted by molar-refractivity contribution is -0.137. The molecule has 0 aliphatic carbocycles. The first kappa shape index (κ1) is 28.6. The Kier molecular flexibility index (Phi) is 8.84. The Hall–Kier alpha value is -3.96. The van der Waals surface area contributed by atoms with Crippen LogP contribution in [0.4, 0.5) is 0 Å². The monoisotopic (exact) mass is 574 g/mol. The number of benzene rings is 3. The number of sulfone groups is 1. The van der Waals surface area contributed by atoms with Crippen LogP contribution in [0.2, 0.25) is 0 Å². The van der Waals surface area contributed by atoms with E-state index in [0.717, 1.165) is 45.7 Å². The molecule has 1 saturated heterocycles. The molecule has 8 heteroatoms. The molecule has 1 fully saturated rings. The van der Waals surface area contributed by atoms with Crippen molar-refractivity contribution >= 4 is 15.8 Å². The summed E-state index contributed by atoms with van der Waals surface area (Å²) < 4.78 is 41.6. The van der Waals surface area contributed by atoms with Gasteiger partial charge in [0.2, 0.25) is 0 Å². The van der Waals surface area contributed by atoms with E-state index in [2.05, 4.69) is 30.0 Å². The smallest absolute Gasteiger partial charge is 0.304 e. The summed E-state index contributed by atoms with van der Waals surface area (Å²) >= 11 is 0. The van der Waals surface area contributed by atoms with Gasteiger partial charge < -0.3 is 19.3 Å². The van der Waals surface area contributed by atoms with E-state index < -0.39 is 15.8 Å². The summed E-state index contributed by atoms with van der Waals surface area (Å²) in [5.41, 5.74) is 5.10. The molecule has 2 aliphatic rings. The van der Waals surface area contributed by atoms with Crippen molar-refractivity contribution in [1.29, 1.82) is 0 Å². The number of hydrogen-bond acceptors (Lipinski definition) is 6. The largest absolute Gasteiger partial charge is 0.493 e. The molecule has 0 aromatic heterocycles. The van der Waals surface area contributed by atoms with Crippen LogP contribution in [0.5, 0.6) is 17.2 Å². The summed E-state index contributed by atoms with van der Waals surface area (Å²) in [6.07, 6.45) is 2.02. The summed E-state index contributed by atoms with van der Waals surface area (Å²) in [7, 11) is -2.88. The van der Waals surface area contributed by atoms with Gasteiger partial charge in [0.05, 0.1) is 37.1 Å². The highest BCUT2D eigenvalue weighted by atomic mass is 32.2. The molecular weight excluding hydrogens is 540 g/mol. The highest BCUT2D eigenvalue weighted by molar-refractivity contribution is 7.91. The molecule has 1 N–H and O–H groups in total. The predicted molar refractivity (Wildman–Crippen MR) is 157 cm³/mol. The lowest BCUT2D eigenvalue weighted by Crippen LogP contribution is -2.26. The van der Waals surface area contributed by atoms with E-state index >= 15 is 0 Å². The van der Waals surface area contributed by atoms with Gasteiger partial charge in [-0.1, -0.05) is 30.2 Å². The SMILES string of the molecule is CC#C[C@@H](CC(=O)O)c1ccc(OCc2ccc3c(c2)-c2ccc(OCC4CCS(=O)(=O)CC4)cc2CCO3)cc1. The second kappa shape index (κ2) is 12.7. The van der Waals surface area contributed by atoms with Gasteiger partial charge in [0.25, 0.3) is 0 Å². The lowest BCUT2D eigenvalue weighted by Gasteiger charge is -2.22. The molecule has 3 aromatic rings. The Morgan fingerprint density at radius 2 is 1.76 bits per heavy atom. The maximum absolute atomic E-state index is 11.7. The van der Waals surface area contributed by atoms with Crippen molar-refractivity contribution in [1.82, 2.24) is 0 Å². The van der Waals surface area contributed by atoms with Gasteiger partial charge in [0.15, 0.2) is 0 Å². The van der Waals surface area contributed by atoms with E-state index in [-0.39, 0.29) is 29.8 Å². The number of aliphatic carboxylic acids is 1. The maximum Gasteiger partial charge on any atom is 0.304 e. The van der Waals surface area contributed by atoms with Crippen LogP contribution in [-0.2, 0) is 27.7 Å². The highest BCUT2D eigenvalue weighted by Gasteiger charge is 2.24. The van der Waals surface area contributed by atoms with Gasteiger partial charge in [0.1, 0.15) is 33.7 Å². The van der Waals surface area contributed by atoms with E-state index in [1.54, 1.807) is 6.92 Å². The van der Waals surface area contributed by atoms with Crippen LogP contribution in [0.25, 0.3) is 11.1 Å². The zero-order valence-corrected chi connectivity index (χ0v) is 23.9. The predicted octanol–water partition coefficient (Wildman–Crippen LogP) is 5.65. The van der Waals surface area contributed by atoms with E-state index in [4.69, 9.17) is 14.2 Å². The summed E-state index contributed by atoms with van der Waals surface area (Å²) in [4.78, 5) is 11.2. The van der Waals surface area contributed by atoms with Gasteiger partial charge in [-0.15, -0.1) is 5.92 Å². The third-order valence-electron chi connectivity index (χ3n) is 7.59. The maximum atomic E-state index is 11.7. The standard InChI is InChI=1S/C33H34O7S/c1-2-3-26(20-33(34)35)25-5-7-28(8-6-25)39-22-24-4-11-32-31(18-24)30-10-9-29(19-27(30)12-15-38-32)40-21-23-13-16-41(36,37)17-14-23/h4-11,18-19,23,26H,12-17,20-22H2,1H3,(H,34,35)/t26-/m0/s1. The van der Waals surface area contributed by atoms with Crippen molar-refractivity contribution < 1.29 is 32.5 Å². The molecule has 0 unspecified atom stereocenters. The minimum absolute atomic E-state index is 0.0414. The number of ether oxygens (including phenoxy) is 3. The zero-order chi connectivity index (χ0) is 28.8. The van der Waals surface area contributed by atoms with E-state index in [9.17, 15) is 18.3 Å². The number of carboxylic acids is 1. The lowest BCUT2D eigenvalue weighted by atomic mass is 9.96.